The molecule has 24 heavy (non-hydrogen) atoms. The van der Waals surface area contributed by atoms with Gasteiger partial charge in [0, 0.05) is 18.4 Å². The monoisotopic (exact) mass is 325 g/mol. The molecule has 5 nitrogen and oxygen atoms in total. The van der Waals surface area contributed by atoms with Gasteiger partial charge in [0.25, 0.3) is 0 Å². The highest BCUT2D eigenvalue weighted by Gasteiger charge is 2.10. The van der Waals surface area contributed by atoms with Crippen LogP contribution in [-0.4, -0.2) is 32.0 Å². The molecule has 0 aliphatic heterocycles. The predicted octanol–water partition coefficient (Wildman–Crippen LogP) is 2.49. The van der Waals surface area contributed by atoms with Gasteiger partial charge in [-0.25, -0.2) is 0 Å². The van der Waals surface area contributed by atoms with Gasteiger partial charge >= 0.3 is 0 Å². The lowest BCUT2D eigenvalue weighted by atomic mass is 10.1. The first-order chi connectivity index (χ1) is 11.5. The average molecular weight is 325 g/mol. The van der Waals surface area contributed by atoms with Crippen molar-refractivity contribution < 1.29 is 9.59 Å². The van der Waals surface area contributed by atoms with Crippen molar-refractivity contribution in [3.8, 4) is 0 Å². The Kier molecular flexibility index (Phi) is 5.95. The van der Waals surface area contributed by atoms with E-state index in [1.54, 1.807) is 0 Å². The molecule has 0 saturated heterocycles. The summed E-state index contributed by atoms with van der Waals surface area (Å²) in [7, 11) is 1.84. The lowest BCUT2D eigenvalue weighted by Crippen LogP contribution is -2.39. The van der Waals surface area contributed by atoms with Crippen LogP contribution in [0.2, 0.25) is 0 Å². The lowest BCUT2D eigenvalue weighted by molar-refractivity contribution is -0.123. The fourth-order valence-corrected chi connectivity index (χ4v) is 2.30. The summed E-state index contributed by atoms with van der Waals surface area (Å²) in [5, 5.41) is 5.47. The van der Waals surface area contributed by atoms with Crippen molar-refractivity contribution in [2.45, 2.75) is 13.8 Å². The maximum atomic E-state index is 12.0. The molecule has 2 amide bonds. The van der Waals surface area contributed by atoms with Gasteiger partial charge < -0.3 is 15.5 Å². The molecule has 0 aliphatic rings. The Hall–Kier alpha value is -2.82. The summed E-state index contributed by atoms with van der Waals surface area (Å²) < 4.78 is 0. The first-order valence-corrected chi connectivity index (χ1v) is 7.86. The third-order valence-electron chi connectivity index (χ3n) is 3.90. The van der Waals surface area contributed by atoms with E-state index in [0.717, 1.165) is 22.5 Å². The zero-order chi connectivity index (χ0) is 17.5. The van der Waals surface area contributed by atoms with Crippen molar-refractivity contribution in [1.82, 2.24) is 5.32 Å². The van der Waals surface area contributed by atoms with E-state index in [-0.39, 0.29) is 24.9 Å². The average Bonchev–Trinajstić information content (AvgIpc) is 2.58. The normalized spacial score (nSPS) is 10.1. The number of hydrogen-bond donors (Lipinski definition) is 2. The van der Waals surface area contributed by atoms with E-state index < -0.39 is 0 Å². The van der Waals surface area contributed by atoms with Crippen LogP contribution in [0.5, 0.6) is 0 Å². The topological polar surface area (TPSA) is 61.4 Å². The minimum atomic E-state index is -0.237. The number of para-hydroxylation sites is 1. The predicted molar refractivity (Wildman–Crippen MR) is 97.3 cm³/mol. The Morgan fingerprint density at radius 1 is 0.958 bits per heavy atom. The van der Waals surface area contributed by atoms with Crippen molar-refractivity contribution in [3.05, 3.63) is 59.7 Å². The van der Waals surface area contributed by atoms with Crippen LogP contribution in [-0.2, 0) is 9.59 Å². The van der Waals surface area contributed by atoms with Crippen molar-refractivity contribution in [2.75, 3.05) is 30.4 Å². The fourth-order valence-electron chi connectivity index (χ4n) is 2.30. The van der Waals surface area contributed by atoms with E-state index in [9.17, 15) is 9.59 Å². The smallest absolute Gasteiger partial charge is 0.243 e. The highest BCUT2D eigenvalue weighted by Crippen LogP contribution is 2.17. The number of hydrogen-bond acceptors (Lipinski definition) is 3. The first-order valence-electron chi connectivity index (χ1n) is 7.86. The molecule has 5 heteroatoms. The number of aryl methyl sites for hydroxylation is 1. The third-order valence-corrected chi connectivity index (χ3v) is 3.90. The standard InChI is InChI=1S/C19H23N3O2/c1-14-8-7-11-17(15(14)2)21-18(23)12-20-19(24)13-22(3)16-9-5-4-6-10-16/h4-11H,12-13H2,1-3H3,(H,20,24)(H,21,23). The molecular formula is C19H23N3O2. The number of nitrogens with zero attached hydrogens (tertiary/aromatic N) is 1. The number of nitrogens with one attached hydrogen (secondary N) is 2. The van der Waals surface area contributed by atoms with E-state index in [0.29, 0.717) is 0 Å². The van der Waals surface area contributed by atoms with Crippen molar-refractivity contribution in [2.24, 2.45) is 0 Å². The van der Waals surface area contributed by atoms with Crippen LogP contribution in [0.3, 0.4) is 0 Å². The molecule has 0 unspecified atom stereocenters. The van der Waals surface area contributed by atoms with Gasteiger partial charge in [0.05, 0.1) is 13.1 Å². The van der Waals surface area contributed by atoms with Crippen LogP contribution in [0.1, 0.15) is 11.1 Å². The maximum absolute atomic E-state index is 12.0. The van der Waals surface area contributed by atoms with Crippen LogP contribution in [0.15, 0.2) is 48.5 Å². The largest absolute Gasteiger partial charge is 0.365 e. The minimum absolute atomic E-state index is 0.0468. The summed E-state index contributed by atoms with van der Waals surface area (Å²) in [5.74, 6) is -0.433. The van der Waals surface area contributed by atoms with Crippen LogP contribution >= 0.6 is 0 Å². The molecule has 0 fully saturated rings. The fraction of sp³-hybridized carbons (Fsp3) is 0.263. The SMILES string of the molecule is Cc1cccc(NC(=O)CNC(=O)CN(C)c2ccccc2)c1C. The van der Waals surface area contributed by atoms with Gasteiger partial charge in [-0.1, -0.05) is 30.3 Å². The van der Waals surface area contributed by atoms with Crippen LogP contribution in [0.25, 0.3) is 0 Å². The second kappa shape index (κ2) is 8.15. The Bertz CT molecular complexity index is 714. The van der Waals surface area contributed by atoms with Gasteiger partial charge in [0.2, 0.25) is 11.8 Å². The lowest BCUT2D eigenvalue weighted by Gasteiger charge is -2.18. The van der Waals surface area contributed by atoms with Crippen LogP contribution in [0, 0.1) is 13.8 Å². The number of anilines is 2. The molecule has 2 aromatic carbocycles. The Labute approximate surface area is 142 Å². The highest BCUT2D eigenvalue weighted by atomic mass is 16.2. The first kappa shape index (κ1) is 17.5. The van der Waals surface area contributed by atoms with Gasteiger partial charge in [-0.2, -0.15) is 0 Å². The molecule has 0 aromatic heterocycles. The molecule has 0 radical (unpaired) electrons. The number of benzene rings is 2. The van der Waals surface area contributed by atoms with Gasteiger partial charge in [0.15, 0.2) is 0 Å². The Morgan fingerprint density at radius 3 is 2.38 bits per heavy atom. The van der Waals surface area contributed by atoms with E-state index in [4.69, 9.17) is 0 Å². The molecule has 0 saturated carbocycles. The van der Waals surface area contributed by atoms with Crippen molar-refractivity contribution in [1.29, 1.82) is 0 Å². The molecule has 2 N–H and O–H groups in total. The number of likely N-dealkylation sites (N-methyl/N-ethyl adjacent to an activating group) is 1. The van der Waals surface area contributed by atoms with Crippen LogP contribution < -0.4 is 15.5 Å². The second-order valence-corrected chi connectivity index (χ2v) is 5.76. The highest BCUT2D eigenvalue weighted by molar-refractivity contribution is 5.95. The molecule has 2 aromatic rings. The van der Waals surface area contributed by atoms with Gasteiger partial charge in [-0.15, -0.1) is 0 Å². The molecule has 126 valence electrons. The van der Waals surface area contributed by atoms with Gasteiger partial charge in [-0.3, -0.25) is 9.59 Å². The summed E-state index contributed by atoms with van der Waals surface area (Å²) >= 11 is 0. The number of rotatable bonds is 6. The summed E-state index contributed by atoms with van der Waals surface area (Å²) in [6.45, 7) is 4.10. The quantitative estimate of drug-likeness (QED) is 0.858. The van der Waals surface area contributed by atoms with E-state index in [1.807, 2.05) is 74.3 Å². The van der Waals surface area contributed by atoms with Gasteiger partial charge in [-0.05, 0) is 43.2 Å². The van der Waals surface area contributed by atoms with Crippen molar-refractivity contribution >= 4 is 23.2 Å². The summed E-state index contributed by atoms with van der Waals surface area (Å²) in [4.78, 5) is 25.8. The number of carbonyl (C=O) groups is 2. The van der Waals surface area contributed by atoms with E-state index >= 15 is 0 Å². The molecule has 0 aliphatic carbocycles. The zero-order valence-corrected chi connectivity index (χ0v) is 14.3. The minimum Gasteiger partial charge on any atom is -0.365 e. The van der Waals surface area contributed by atoms with E-state index in [1.165, 1.54) is 0 Å². The Morgan fingerprint density at radius 2 is 1.67 bits per heavy atom. The Balaban J connectivity index is 1.81. The molecule has 2 rings (SSSR count). The second-order valence-electron chi connectivity index (χ2n) is 5.76. The molecule has 0 heterocycles. The number of amides is 2. The zero-order valence-electron chi connectivity index (χ0n) is 14.3. The molecule has 0 spiro atoms. The molecule has 0 bridgehead atoms. The summed E-state index contributed by atoms with van der Waals surface area (Å²) in [6, 6.07) is 15.4. The van der Waals surface area contributed by atoms with Crippen LogP contribution in [0.4, 0.5) is 11.4 Å². The number of carbonyl (C=O) groups excluding carboxylic acids is 2. The molecular weight excluding hydrogens is 302 g/mol. The van der Waals surface area contributed by atoms with Gasteiger partial charge in [0.1, 0.15) is 0 Å². The third kappa shape index (κ3) is 4.84. The summed E-state index contributed by atoms with van der Waals surface area (Å²) in [6.07, 6.45) is 0. The van der Waals surface area contributed by atoms with Crippen molar-refractivity contribution in [3.63, 3.8) is 0 Å². The maximum Gasteiger partial charge on any atom is 0.243 e. The molecule has 0 atom stereocenters. The van der Waals surface area contributed by atoms with E-state index in [2.05, 4.69) is 10.6 Å². The summed E-state index contributed by atoms with van der Waals surface area (Å²) in [5.41, 5.74) is 3.87.